The van der Waals surface area contributed by atoms with Crippen LogP contribution in [0.15, 0.2) is 24.3 Å². The Morgan fingerprint density at radius 1 is 1.19 bits per heavy atom. The third-order valence-corrected chi connectivity index (χ3v) is 2.46. The summed E-state index contributed by atoms with van der Waals surface area (Å²) in [5, 5.41) is 13.4. The summed E-state index contributed by atoms with van der Waals surface area (Å²) in [6, 6.07) is 4.42. The van der Waals surface area contributed by atoms with Crippen molar-refractivity contribution in [2.24, 2.45) is 0 Å². The van der Waals surface area contributed by atoms with E-state index in [1.807, 2.05) is 0 Å². The first-order valence-electron chi connectivity index (χ1n) is 6.36. The first kappa shape index (κ1) is 17.1. The van der Waals surface area contributed by atoms with Crippen LogP contribution in [0.25, 0.3) is 0 Å². The summed E-state index contributed by atoms with van der Waals surface area (Å²) in [5.74, 6) is -0.271. The van der Waals surface area contributed by atoms with Crippen LogP contribution in [0.1, 0.15) is 12.0 Å². The second-order valence-electron chi connectivity index (χ2n) is 4.10. The average Bonchev–Trinajstić information content (AvgIpc) is 2.43. The third-order valence-electron chi connectivity index (χ3n) is 2.46. The van der Waals surface area contributed by atoms with Gasteiger partial charge in [0.2, 0.25) is 0 Å². The van der Waals surface area contributed by atoms with Gasteiger partial charge in [-0.05, 0) is 18.6 Å². The maximum absolute atomic E-state index is 12.7. The molecule has 0 aromatic heterocycles. The lowest BCUT2D eigenvalue weighted by Gasteiger charge is -2.14. The lowest BCUT2D eigenvalue weighted by atomic mass is 10.2. The highest BCUT2D eigenvalue weighted by Gasteiger charge is 2.33. The van der Waals surface area contributed by atoms with E-state index in [1.54, 1.807) is 0 Å². The van der Waals surface area contributed by atoms with E-state index in [9.17, 15) is 18.0 Å². The summed E-state index contributed by atoms with van der Waals surface area (Å²) in [6.07, 6.45) is -4.05. The van der Waals surface area contributed by atoms with Crippen molar-refractivity contribution < 1.29 is 27.8 Å². The standard InChI is InChI=1S/C13H17F3N2O3/c14-13(15,16)10-4-1-2-5-11(10)21-9-7-18-12(20)17-6-3-8-19/h1-2,4-5,19H,3,6-9H2,(H2,17,18,20). The number of ether oxygens (including phenoxy) is 1. The zero-order valence-corrected chi connectivity index (χ0v) is 11.2. The molecule has 0 saturated heterocycles. The molecule has 0 saturated carbocycles. The molecule has 3 N–H and O–H groups in total. The van der Waals surface area contributed by atoms with Gasteiger partial charge in [0, 0.05) is 13.2 Å². The highest BCUT2D eigenvalue weighted by atomic mass is 19.4. The van der Waals surface area contributed by atoms with Gasteiger partial charge < -0.3 is 20.5 Å². The summed E-state index contributed by atoms with van der Waals surface area (Å²) < 4.78 is 43.1. The molecule has 8 heteroatoms. The molecule has 2 amide bonds. The molecule has 0 aliphatic carbocycles. The number of carbonyl (C=O) groups is 1. The van der Waals surface area contributed by atoms with E-state index in [-0.39, 0.29) is 25.5 Å². The predicted octanol–water partition coefficient (Wildman–Crippen LogP) is 1.77. The first-order chi connectivity index (χ1) is 9.95. The van der Waals surface area contributed by atoms with Crippen molar-refractivity contribution in [3.63, 3.8) is 0 Å². The Morgan fingerprint density at radius 2 is 1.86 bits per heavy atom. The van der Waals surface area contributed by atoms with Crippen molar-refractivity contribution in [2.75, 3.05) is 26.3 Å². The molecule has 118 valence electrons. The van der Waals surface area contributed by atoms with Crippen molar-refractivity contribution in [1.82, 2.24) is 10.6 Å². The quantitative estimate of drug-likeness (QED) is 0.672. The van der Waals surface area contributed by atoms with Gasteiger partial charge in [0.1, 0.15) is 12.4 Å². The van der Waals surface area contributed by atoms with Crippen LogP contribution in [0.2, 0.25) is 0 Å². The molecule has 0 atom stereocenters. The van der Waals surface area contributed by atoms with Crippen molar-refractivity contribution in [3.8, 4) is 5.75 Å². The molecule has 21 heavy (non-hydrogen) atoms. The molecular weight excluding hydrogens is 289 g/mol. The van der Waals surface area contributed by atoms with Gasteiger partial charge in [-0.15, -0.1) is 0 Å². The summed E-state index contributed by atoms with van der Waals surface area (Å²) in [7, 11) is 0. The molecule has 5 nitrogen and oxygen atoms in total. The van der Waals surface area contributed by atoms with Crippen LogP contribution in [-0.4, -0.2) is 37.4 Å². The topological polar surface area (TPSA) is 70.6 Å². The monoisotopic (exact) mass is 306 g/mol. The molecule has 0 aliphatic heterocycles. The van der Waals surface area contributed by atoms with E-state index >= 15 is 0 Å². The molecule has 0 spiro atoms. The first-order valence-corrected chi connectivity index (χ1v) is 6.36. The van der Waals surface area contributed by atoms with Gasteiger partial charge in [0.25, 0.3) is 0 Å². The van der Waals surface area contributed by atoms with E-state index in [4.69, 9.17) is 9.84 Å². The lowest BCUT2D eigenvalue weighted by Crippen LogP contribution is -2.38. The number of urea groups is 1. The van der Waals surface area contributed by atoms with Crippen LogP contribution in [0.5, 0.6) is 5.75 Å². The van der Waals surface area contributed by atoms with E-state index in [2.05, 4.69) is 10.6 Å². The smallest absolute Gasteiger partial charge is 0.419 e. The Bertz CT molecular complexity index is 453. The minimum atomic E-state index is -4.48. The fraction of sp³-hybridized carbons (Fsp3) is 0.462. The highest BCUT2D eigenvalue weighted by Crippen LogP contribution is 2.35. The second-order valence-corrected chi connectivity index (χ2v) is 4.10. The number of para-hydroxylation sites is 1. The molecule has 1 aromatic rings. The zero-order valence-electron chi connectivity index (χ0n) is 11.2. The van der Waals surface area contributed by atoms with Crippen LogP contribution >= 0.6 is 0 Å². The Balaban J connectivity index is 2.35. The van der Waals surface area contributed by atoms with E-state index < -0.39 is 17.8 Å². The molecule has 0 aliphatic rings. The Morgan fingerprint density at radius 3 is 2.52 bits per heavy atom. The largest absolute Gasteiger partial charge is 0.491 e. The van der Waals surface area contributed by atoms with Crippen LogP contribution in [0, 0.1) is 0 Å². The van der Waals surface area contributed by atoms with Crippen LogP contribution in [0.4, 0.5) is 18.0 Å². The number of nitrogens with one attached hydrogen (secondary N) is 2. The minimum Gasteiger partial charge on any atom is -0.491 e. The van der Waals surface area contributed by atoms with Gasteiger partial charge in [-0.3, -0.25) is 0 Å². The molecule has 0 bridgehead atoms. The van der Waals surface area contributed by atoms with Gasteiger partial charge in [-0.2, -0.15) is 13.2 Å². The maximum Gasteiger partial charge on any atom is 0.419 e. The summed E-state index contributed by atoms with van der Waals surface area (Å²) in [5.41, 5.74) is -0.850. The number of amides is 2. The normalized spacial score (nSPS) is 11.0. The summed E-state index contributed by atoms with van der Waals surface area (Å²) >= 11 is 0. The number of aliphatic hydroxyl groups is 1. The van der Waals surface area contributed by atoms with Gasteiger partial charge in [0.15, 0.2) is 0 Å². The number of hydrogen-bond donors (Lipinski definition) is 3. The number of halogens is 3. The molecule has 1 rings (SSSR count). The van der Waals surface area contributed by atoms with E-state index in [0.717, 1.165) is 6.07 Å². The number of rotatable bonds is 7. The second kappa shape index (κ2) is 8.35. The molecule has 0 heterocycles. The number of alkyl halides is 3. The Hall–Kier alpha value is -1.96. The highest BCUT2D eigenvalue weighted by molar-refractivity contribution is 5.73. The number of aliphatic hydroxyl groups excluding tert-OH is 1. The molecule has 0 unspecified atom stereocenters. The summed E-state index contributed by atoms with van der Waals surface area (Å²) in [6.45, 7) is 0.273. The van der Waals surface area contributed by atoms with Crippen molar-refractivity contribution >= 4 is 6.03 Å². The van der Waals surface area contributed by atoms with Crippen molar-refractivity contribution in [1.29, 1.82) is 0 Å². The SMILES string of the molecule is O=C(NCCCO)NCCOc1ccccc1C(F)(F)F. The van der Waals surface area contributed by atoms with E-state index in [1.165, 1.54) is 18.2 Å². The fourth-order valence-corrected chi connectivity index (χ4v) is 1.50. The van der Waals surface area contributed by atoms with Gasteiger partial charge in [-0.1, -0.05) is 12.1 Å². The Labute approximate surface area is 120 Å². The van der Waals surface area contributed by atoms with E-state index in [0.29, 0.717) is 13.0 Å². The van der Waals surface area contributed by atoms with Gasteiger partial charge in [0.05, 0.1) is 12.1 Å². The zero-order chi connectivity index (χ0) is 15.7. The predicted molar refractivity (Wildman–Crippen MR) is 70.0 cm³/mol. The number of carbonyl (C=O) groups excluding carboxylic acids is 1. The Kier molecular flexibility index (Phi) is 6.80. The fourth-order valence-electron chi connectivity index (χ4n) is 1.50. The maximum atomic E-state index is 12.7. The summed E-state index contributed by atoms with van der Waals surface area (Å²) in [4.78, 5) is 11.2. The number of hydrogen-bond acceptors (Lipinski definition) is 3. The molecule has 1 aromatic carbocycles. The van der Waals surface area contributed by atoms with Gasteiger partial charge in [-0.25, -0.2) is 4.79 Å². The van der Waals surface area contributed by atoms with Crippen LogP contribution in [-0.2, 0) is 6.18 Å². The average molecular weight is 306 g/mol. The van der Waals surface area contributed by atoms with Gasteiger partial charge >= 0.3 is 12.2 Å². The lowest BCUT2D eigenvalue weighted by molar-refractivity contribution is -0.138. The van der Waals surface area contributed by atoms with Crippen molar-refractivity contribution in [2.45, 2.75) is 12.6 Å². The van der Waals surface area contributed by atoms with Crippen LogP contribution < -0.4 is 15.4 Å². The molecule has 0 radical (unpaired) electrons. The van der Waals surface area contributed by atoms with Crippen molar-refractivity contribution in [3.05, 3.63) is 29.8 Å². The molecule has 0 fully saturated rings. The van der Waals surface area contributed by atoms with Crippen LogP contribution in [0.3, 0.4) is 0 Å². The number of benzene rings is 1. The third kappa shape index (κ3) is 6.35. The minimum absolute atomic E-state index is 0.0301. The molecular formula is C13H17F3N2O3.